The number of nitrogens with zero attached hydrogens (tertiary/aromatic N) is 4. The van der Waals surface area contributed by atoms with Gasteiger partial charge in [0, 0.05) is 0 Å². The second-order valence-electron chi connectivity index (χ2n) is 4.73. The molecule has 14 heavy (non-hydrogen) atoms. The normalized spacial score (nSPS) is 25.5. The molecular weight excluding hydrogens is 200 g/mol. The molecule has 1 fully saturated rings. The average molecular weight is 215 g/mol. The van der Waals surface area contributed by atoms with Crippen LogP contribution in [0.4, 0.5) is 0 Å². The summed E-state index contributed by atoms with van der Waals surface area (Å²) in [4.78, 5) is 0. The Labute approximate surface area is 88.6 Å². The lowest BCUT2D eigenvalue weighted by atomic mass is 9.92. The van der Waals surface area contributed by atoms with Gasteiger partial charge in [-0.3, -0.25) is 0 Å². The van der Waals surface area contributed by atoms with Gasteiger partial charge >= 0.3 is 0 Å². The van der Waals surface area contributed by atoms with E-state index in [1.54, 1.807) is 0 Å². The number of tetrazole rings is 1. The van der Waals surface area contributed by atoms with Crippen LogP contribution < -0.4 is 0 Å². The van der Waals surface area contributed by atoms with Crippen molar-refractivity contribution in [3.63, 3.8) is 0 Å². The molecule has 1 heterocycles. The molecule has 0 N–H and O–H groups in total. The monoisotopic (exact) mass is 214 g/mol. The van der Waals surface area contributed by atoms with Crippen molar-refractivity contribution in [2.24, 2.45) is 5.41 Å². The first kappa shape index (κ1) is 9.90. The fourth-order valence-electron chi connectivity index (χ4n) is 2.19. The molecule has 5 heteroatoms. The highest BCUT2D eigenvalue weighted by Crippen LogP contribution is 2.43. The summed E-state index contributed by atoms with van der Waals surface area (Å²) < 4.78 is 1.89. The topological polar surface area (TPSA) is 43.6 Å². The fourth-order valence-corrected chi connectivity index (χ4v) is 2.37. The van der Waals surface area contributed by atoms with Crippen molar-refractivity contribution < 1.29 is 0 Å². The van der Waals surface area contributed by atoms with Crippen LogP contribution in [0, 0.1) is 5.41 Å². The summed E-state index contributed by atoms with van der Waals surface area (Å²) in [6.45, 7) is 4.58. The van der Waals surface area contributed by atoms with Crippen LogP contribution in [0.2, 0.25) is 0 Å². The minimum Gasteiger partial charge on any atom is -0.225 e. The minimum atomic E-state index is 0.393. The maximum atomic E-state index is 5.76. The number of rotatable bonds is 2. The minimum absolute atomic E-state index is 0.393. The van der Waals surface area contributed by atoms with Crippen molar-refractivity contribution in [1.82, 2.24) is 20.2 Å². The Hall–Kier alpha value is -0.640. The van der Waals surface area contributed by atoms with Crippen LogP contribution in [0.1, 0.15) is 45.0 Å². The molecule has 1 aliphatic carbocycles. The standard InChI is InChI=1S/C9H15ClN4/c1-9(2)4-3-7(5-9)14-8(6-10)11-12-13-14/h7H,3-6H2,1-2H3. The van der Waals surface area contributed by atoms with Gasteiger partial charge in [-0.05, 0) is 35.1 Å². The highest BCUT2D eigenvalue weighted by atomic mass is 35.5. The Balaban J connectivity index is 2.17. The van der Waals surface area contributed by atoms with Gasteiger partial charge in [0.1, 0.15) is 0 Å². The lowest BCUT2D eigenvalue weighted by molar-refractivity contribution is 0.345. The van der Waals surface area contributed by atoms with Crippen molar-refractivity contribution in [3.8, 4) is 0 Å². The molecule has 0 bridgehead atoms. The average Bonchev–Trinajstić information content (AvgIpc) is 2.70. The summed E-state index contributed by atoms with van der Waals surface area (Å²) in [6.07, 6.45) is 3.53. The molecule has 0 radical (unpaired) electrons. The summed E-state index contributed by atoms with van der Waals surface area (Å²) in [5.74, 6) is 1.18. The maximum absolute atomic E-state index is 5.76. The molecule has 0 aliphatic heterocycles. The van der Waals surface area contributed by atoms with Gasteiger partial charge in [-0.15, -0.1) is 16.7 Å². The molecule has 0 saturated heterocycles. The van der Waals surface area contributed by atoms with Gasteiger partial charge in [-0.2, -0.15) is 0 Å². The Morgan fingerprint density at radius 2 is 2.36 bits per heavy atom. The van der Waals surface area contributed by atoms with Crippen molar-refractivity contribution >= 4 is 11.6 Å². The third kappa shape index (κ3) is 1.75. The van der Waals surface area contributed by atoms with Gasteiger partial charge in [-0.25, -0.2) is 4.68 Å². The van der Waals surface area contributed by atoms with E-state index in [-0.39, 0.29) is 0 Å². The highest BCUT2D eigenvalue weighted by Gasteiger charge is 2.33. The second kappa shape index (κ2) is 3.50. The van der Waals surface area contributed by atoms with E-state index in [9.17, 15) is 0 Å². The first-order valence-corrected chi connectivity index (χ1v) is 5.48. The molecule has 0 spiro atoms. The van der Waals surface area contributed by atoms with Gasteiger partial charge in [0.2, 0.25) is 0 Å². The molecule has 1 aromatic heterocycles. The van der Waals surface area contributed by atoms with Crippen LogP contribution in [0.25, 0.3) is 0 Å². The molecule has 2 rings (SSSR count). The van der Waals surface area contributed by atoms with E-state index in [1.165, 1.54) is 6.42 Å². The van der Waals surface area contributed by atoms with E-state index in [4.69, 9.17) is 11.6 Å². The Kier molecular flexibility index (Phi) is 2.47. The SMILES string of the molecule is CC1(C)CCC(n2nnnc2CCl)C1. The van der Waals surface area contributed by atoms with E-state index < -0.39 is 0 Å². The summed E-state index contributed by atoms with van der Waals surface area (Å²) in [6, 6.07) is 0.439. The van der Waals surface area contributed by atoms with Gasteiger partial charge in [0.25, 0.3) is 0 Å². The van der Waals surface area contributed by atoms with Crippen LogP contribution in [-0.2, 0) is 5.88 Å². The summed E-state index contributed by atoms with van der Waals surface area (Å²) in [7, 11) is 0. The summed E-state index contributed by atoms with van der Waals surface area (Å²) in [5.41, 5.74) is 0.417. The first-order valence-electron chi connectivity index (χ1n) is 4.95. The molecule has 78 valence electrons. The van der Waals surface area contributed by atoms with Gasteiger partial charge in [0.05, 0.1) is 11.9 Å². The van der Waals surface area contributed by atoms with E-state index in [1.807, 2.05) is 4.68 Å². The zero-order chi connectivity index (χ0) is 10.2. The molecular formula is C9H15ClN4. The Morgan fingerprint density at radius 3 is 2.93 bits per heavy atom. The summed E-state index contributed by atoms with van der Waals surface area (Å²) in [5, 5.41) is 11.6. The number of hydrogen-bond acceptors (Lipinski definition) is 3. The largest absolute Gasteiger partial charge is 0.225 e. The fraction of sp³-hybridized carbons (Fsp3) is 0.889. The third-order valence-corrected chi connectivity index (χ3v) is 3.21. The molecule has 1 saturated carbocycles. The molecule has 4 nitrogen and oxygen atoms in total. The summed E-state index contributed by atoms with van der Waals surface area (Å²) >= 11 is 5.76. The quantitative estimate of drug-likeness (QED) is 0.709. The first-order chi connectivity index (χ1) is 6.62. The molecule has 0 aromatic carbocycles. The van der Waals surface area contributed by atoms with Gasteiger partial charge < -0.3 is 0 Å². The van der Waals surface area contributed by atoms with Crippen molar-refractivity contribution in [3.05, 3.63) is 5.82 Å². The molecule has 1 unspecified atom stereocenters. The Morgan fingerprint density at radius 1 is 1.57 bits per heavy atom. The van der Waals surface area contributed by atoms with E-state index in [0.29, 0.717) is 17.3 Å². The van der Waals surface area contributed by atoms with Crippen LogP contribution in [0.3, 0.4) is 0 Å². The number of halogens is 1. The highest BCUT2D eigenvalue weighted by molar-refractivity contribution is 6.16. The number of alkyl halides is 1. The van der Waals surface area contributed by atoms with Crippen LogP contribution in [-0.4, -0.2) is 20.2 Å². The van der Waals surface area contributed by atoms with Gasteiger partial charge in [0.15, 0.2) is 5.82 Å². The van der Waals surface area contributed by atoms with Crippen LogP contribution >= 0.6 is 11.6 Å². The molecule has 1 aromatic rings. The predicted molar refractivity (Wildman–Crippen MR) is 54.0 cm³/mol. The lowest BCUT2D eigenvalue weighted by Gasteiger charge is -2.17. The van der Waals surface area contributed by atoms with E-state index >= 15 is 0 Å². The van der Waals surface area contributed by atoms with Crippen molar-refractivity contribution in [2.45, 2.75) is 45.0 Å². The predicted octanol–water partition coefficient (Wildman–Crippen LogP) is 2.16. The van der Waals surface area contributed by atoms with Crippen molar-refractivity contribution in [1.29, 1.82) is 0 Å². The lowest BCUT2D eigenvalue weighted by Crippen LogP contribution is -2.13. The number of hydrogen-bond donors (Lipinski definition) is 0. The number of aromatic nitrogens is 4. The third-order valence-electron chi connectivity index (χ3n) is 2.97. The Bertz CT molecular complexity index is 320. The molecule has 1 atom stereocenters. The maximum Gasteiger partial charge on any atom is 0.166 e. The van der Waals surface area contributed by atoms with Gasteiger partial charge in [-0.1, -0.05) is 13.8 Å². The zero-order valence-electron chi connectivity index (χ0n) is 8.57. The van der Waals surface area contributed by atoms with Crippen molar-refractivity contribution in [2.75, 3.05) is 0 Å². The van der Waals surface area contributed by atoms with Crippen LogP contribution in [0.5, 0.6) is 0 Å². The zero-order valence-corrected chi connectivity index (χ0v) is 9.33. The molecule has 0 amide bonds. The van der Waals surface area contributed by atoms with Crippen LogP contribution in [0.15, 0.2) is 0 Å². The van der Waals surface area contributed by atoms with E-state index in [0.717, 1.165) is 18.7 Å². The second-order valence-corrected chi connectivity index (χ2v) is 5.00. The molecule has 1 aliphatic rings. The van der Waals surface area contributed by atoms with E-state index in [2.05, 4.69) is 29.4 Å². The smallest absolute Gasteiger partial charge is 0.166 e.